The summed E-state index contributed by atoms with van der Waals surface area (Å²) in [4.78, 5) is 8.35. The second kappa shape index (κ2) is 2.89. The SMILES string of the molecule is Brc1cccc2c1-c1cncnc1C2. The molecule has 3 rings (SSSR count). The van der Waals surface area contributed by atoms with Crippen LogP contribution >= 0.6 is 15.9 Å². The zero-order valence-corrected chi connectivity index (χ0v) is 8.95. The maximum Gasteiger partial charge on any atom is 0.115 e. The molecule has 0 amide bonds. The summed E-state index contributed by atoms with van der Waals surface area (Å²) >= 11 is 3.56. The quantitative estimate of drug-likeness (QED) is 0.610. The Hall–Kier alpha value is -1.22. The number of halogens is 1. The van der Waals surface area contributed by atoms with Crippen molar-refractivity contribution >= 4 is 15.9 Å². The summed E-state index contributed by atoms with van der Waals surface area (Å²) in [5.41, 5.74) is 4.87. The van der Waals surface area contributed by atoms with Gasteiger partial charge in [0.2, 0.25) is 0 Å². The monoisotopic (exact) mass is 246 g/mol. The molecule has 0 saturated heterocycles. The van der Waals surface area contributed by atoms with Gasteiger partial charge in [-0.25, -0.2) is 9.97 Å². The Labute approximate surface area is 90.2 Å². The van der Waals surface area contributed by atoms with Gasteiger partial charge in [-0.15, -0.1) is 0 Å². The summed E-state index contributed by atoms with van der Waals surface area (Å²) in [7, 11) is 0. The Balaban J connectivity index is 2.35. The molecular weight excluding hydrogens is 240 g/mol. The molecule has 0 spiro atoms. The summed E-state index contributed by atoms with van der Waals surface area (Å²) in [5.74, 6) is 0. The number of rotatable bonds is 0. The highest BCUT2D eigenvalue weighted by Crippen LogP contribution is 2.39. The Morgan fingerprint density at radius 1 is 1.29 bits per heavy atom. The maximum absolute atomic E-state index is 4.28. The number of benzene rings is 1. The molecule has 2 nitrogen and oxygen atoms in total. The molecule has 1 aliphatic rings. The fourth-order valence-electron chi connectivity index (χ4n) is 1.90. The van der Waals surface area contributed by atoms with Crippen molar-refractivity contribution in [3.8, 4) is 11.1 Å². The van der Waals surface area contributed by atoms with Crippen molar-refractivity contribution in [2.45, 2.75) is 6.42 Å². The lowest BCUT2D eigenvalue weighted by molar-refractivity contribution is 1.07. The second-order valence-corrected chi connectivity index (χ2v) is 4.19. The first kappa shape index (κ1) is 8.12. The number of nitrogens with zero attached hydrogens (tertiary/aromatic N) is 2. The fraction of sp³-hybridized carbons (Fsp3) is 0.0909. The van der Waals surface area contributed by atoms with Crippen LogP contribution in [0.3, 0.4) is 0 Å². The Bertz CT molecular complexity index is 508. The van der Waals surface area contributed by atoms with Crippen LogP contribution in [0, 0.1) is 0 Å². The minimum absolute atomic E-state index is 0.923. The molecule has 0 aliphatic heterocycles. The lowest BCUT2D eigenvalue weighted by Gasteiger charge is -2.01. The average molecular weight is 247 g/mol. The topological polar surface area (TPSA) is 25.8 Å². The maximum atomic E-state index is 4.28. The van der Waals surface area contributed by atoms with Crippen molar-refractivity contribution in [1.82, 2.24) is 9.97 Å². The van der Waals surface area contributed by atoms with E-state index in [2.05, 4.69) is 44.1 Å². The first-order valence-corrected chi connectivity index (χ1v) is 5.22. The van der Waals surface area contributed by atoms with Gasteiger partial charge >= 0.3 is 0 Å². The normalized spacial score (nSPS) is 12.4. The molecule has 1 aliphatic carbocycles. The molecule has 0 radical (unpaired) electrons. The Morgan fingerprint density at radius 3 is 3.14 bits per heavy atom. The molecule has 0 atom stereocenters. The largest absolute Gasteiger partial charge is 0.244 e. The van der Waals surface area contributed by atoms with Gasteiger partial charge < -0.3 is 0 Å². The van der Waals surface area contributed by atoms with E-state index in [-0.39, 0.29) is 0 Å². The molecule has 1 heterocycles. The van der Waals surface area contributed by atoms with Gasteiger partial charge in [-0.3, -0.25) is 0 Å². The predicted octanol–water partition coefficient (Wildman–Crippen LogP) is 2.81. The molecule has 3 heteroatoms. The van der Waals surface area contributed by atoms with E-state index < -0.39 is 0 Å². The van der Waals surface area contributed by atoms with Crippen molar-refractivity contribution in [3.05, 3.63) is 46.5 Å². The zero-order chi connectivity index (χ0) is 9.54. The summed E-state index contributed by atoms with van der Waals surface area (Å²) in [6, 6.07) is 6.25. The summed E-state index contributed by atoms with van der Waals surface area (Å²) < 4.78 is 1.13. The van der Waals surface area contributed by atoms with Gasteiger partial charge in [0.15, 0.2) is 0 Å². The van der Waals surface area contributed by atoms with E-state index in [9.17, 15) is 0 Å². The highest BCUT2D eigenvalue weighted by molar-refractivity contribution is 9.10. The van der Waals surface area contributed by atoms with Gasteiger partial charge in [0.25, 0.3) is 0 Å². The van der Waals surface area contributed by atoms with Crippen LogP contribution in [0.4, 0.5) is 0 Å². The minimum atomic E-state index is 0.923. The van der Waals surface area contributed by atoms with Gasteiger partial charge in [-0.1, -0.05) is 28.1 Å². The average Bonchev–Trinajstić information content (AvgIpc) is 2.57. The van der Waals surface area contributed by atoms with Gasteiger partial charge in [0.1, 0.15) is 6.33 Å². The van der Waals surface area contributed by atoms with Gasteiger partial charge in [0.05, 0.1) is 5.69 Å². The van der Waals surface area contributed by atoms with Gasteiger partial charge in [-0.05, 0) is 11.6 Å². The Morgan fingerprint density at radius 2 is 2.21 bits per heavy atom. The lowest BCUT2D eigenvalue weighted by atomic mass is 10.1. The highest BCUT2D eigenvalue weighted by atomic mass is 79.9. The third kappa shape index (κ3) is 1.02. The molecular formula is C11H7BrN2. The fourth-order valence-corrected chi connectivity index (χ4v) is 2.52. The lowest BCUT2D eigenvalue weighted by Crippen LogP contribution is -1.86. The van der Waals surface area contributed by atoms with Crippen molar-refractivity contribution in [2.75, 3.05) is 0 Å². The van der Waals surface area contributed by atoms with Crippen molar-refractivity contribution in [1.29, 1.82) is 0 Å². The first-order chi connectivity index (χ1) is 6.86. The standard InChI is InChI=1S/C11H7BrN2/c12-9-3-1-2-7-4-10-8(11(7)9)5-13-6-14-10/h1-3,5-6H,4H2. The van der Waals surface area contributed by atoms with Crippen LogP contribution in [0.5, 0.6) is 0 Å². The summed E-state index contributed by atoms with van der Waals surface area (Å²) in [6.07, 6.45) is 4.42. The number of hydrogen-bond acceptors (Lipinski definition) is 2. The van der Waals surface area contributed by atoms with Crippen molar-refractivity contribution in [2.24, 2.45) is 0 Å². The molecule has 2 aromatic rings. The van der Waals surface area contributed by atoms with Crippen LogP contribution in [0.1, 0.15) is 11.3 Å². The van der Waals surface area contributed by atoms with E-state index in [1.165, 1.54) is 11.1 Å². The van der Waals surface area contributed by atoms with E-state index in [0.717, 1.165) is 22.2 Å². The number of hydrogen-bond donors (Lipinski definition) is 0. The smallest absolute Gasteiger partial charge is 0.115 e. The van der Waals surface area contributed by atoms with E-state index in [1.54, 1.807) is 6.33 Å². The molecule has 0 saturated carbocycles. The van der Waals surface area contributed by atoms with Crippen molar-refractivity contribution in [3.63, 3.8) is 0 Å². The van der Waals surface area contributed by atoms with Crippen LogP contribution in [-0.2, 0) is 6.42 Å². The van der Waals surface area contributed by atoms with Crippen LogP contribution in [0.15, 0.2) is 35.2 Å². The van der Waals surface area contributed by atoms with Crippen LogP contribution < -0.4 is 0 Å². The van der Waals surface area contributed by atoms with Gasteiger partial charge in [-0.2, -0.15) is 0 Å². The number of fused-ring (bicyclic) bond motifs is 3. The second-order valence-electron chi connectivity index (χ2n) is 3.33. The van der Waals surface area contributed by atoms with Gasteiger partial charge in [0, 0.05) is 28.2 Å². The minimum Gasteiger partial charge on any atom is -0.244 e. The van der Waals surface area contributed by atoms with Crippen LogP contribution in [0.25, 0.3) is 11.1 Å². The van der Waals surface area contributed by atoms with E-state index >= 15 is 0 Å². The van der Waals surface area contributed by atoms with E-state index in [0.29, 0.717) is 0 Å². The zero-order valence-electron chi connectivity index (χ0n) is 7.37. The third-order valence-electron chi connectivity index (χ3n) is 2.52. The third-order valence-corrected chi connectivity index (χ3v) is 3.18. The van der Waals surface area contributed by atoms with E-state index in [4.69, 9.17) is 0 Å². The molecule has 68 valence electrons. The molecule has 0 unspecified atom stereocenters. The molecule has 0 fully saturated rings. The molecule has 14 heavy (non-hydrogen) atoms. The summed E-state index contributed by atoms with van der Waals surface area (Å²) in [6.45, 7) is 0. The van der Waals surface area contributed by atoms with Crippen molar-refractivity contribution < 1.29 is 0 Å². The highest BCUT2D eigenvalue weighted by Gasteiger charge is 2.21. The first-order valence-electron chi connectivity index (χ1n) is 4.43. The molecule has 1 aromatic carbocycles. The molecule has 1 aromatic heterocycles. The van der Waals surface area contributed by atoms with E-state index in [1.807, 2.05) is 6.20 Å². The predicted molar refractivity (Wildman–Crippen MR) is 58.0 cm³/mol. The van der Waals surface area contributed by atoms with Crippen LogP contribution in [0.2, 0.25) is 0 Å². The summed E-state index contributed by atoms with van der Waals surface area (Å²) in [5, 5.41) is 0. The molecule has 0 N–H and O–H groups in total. The Kier molecular flexibility index (Phi) is 1.67. The number of aromatic nitrogens is 2. The molecule has 0 bridgehead atoms. The van der Waals surface area contributed by atoms with Crippen LogP contribution in [-0.4, -0.2) is 9.97 Å².